The highest BCUT2D eigenvalue weighted by atomic mass is 16.6. The first-order valence-electron chi connectivity index (χ1n) is 4.98. The summed E-state index contributed by atoms with van der Waals surface area (Å²) in [7, 11) is 0. The van der Waals surface area contributed by atoms with Crippen molar-refractivity contribution >= 4 is 0 Å². The van der Waals surface area contributed by atoms with Crippen LogP contribution in [0.3, 0.4) is 0 Å². The van der Waals surface area contributed by atoms with Crippen LogP contribution in [-0.2, 0) is 6.54 Å². The van der Waals surface area contributed by atoms with Gasteiger partial charge in [0.25, 0.3) is 0 Å². The Bertz CT molecular complexity index is 479. The number of fused-ring (bicyclic) bond motifs is 1. The van der Waals surface area contributed by atoms with Crippen molar-refractivity contribution in [2.75, 3.05) is 0 Å². The third-order valence-electron chi connectivity index (χ3n) is 2.87. The van der Waals surface area contributed by atoms with Crippen molar-refractivity contribution in [2.24, 2.45) is 0 Å². The molecule has 3 rings (SSSR count). The lowest BCUT2D eigenvalue weighted by atomic mass is 9.95. The second kappa shape index (κ2) is 3.08. The van der Waals surface area contributed by atoms with Gasteiger partial charge in [-0.05, 0) is 5.56 Å². The summed E-state index contributed by atoms with van der Waals surface area (Å²) in [5, 5.41) is 15.1. The van der Waals surface area contributed by atoms with E-state index in [4.69, 9.17) is 0 Å². The number of nitrogens with zero attached hydrogens (tertiary/aromatic N) is 2. The summed E-state index contributed by atoms with van der Waals surface area (Å²) in [6.45, 7) is 0.765. The highest BCUT2D eigenvalue weighted by Gasteiger charge is 2.35. The molecule has 0 saturated heterocycles. The lowest BCUT2D eigenvalue weighted by Gasteiger charge is -2.05. The van der Waals surface area contributed by atoms with Crippen molar-refractivity contribution in [1.82, 2.24) is 5.27 Å². The first kappa shape index (κ1) is 8.47. The van der Waals surface area contributed by atoms with Gasteiger partial charge in [-0.2, -0.15) is 0 Å². The maximum atomic E-state index is 11.4. The Hall–Kier alpha value is -1.84. The normalized spacial score (nSPS) is 19.1. The van der Waals surface area contributed by atoms with Gasteiger partial charge in [0.15, 0.2) is 12.5 Å². The van der Waals surface area contributed by atoms with Crippen LogP contribution in [-0.4, -0.2) is 5.27 Å². The van der Waals surface area contributed by atoms with Gasteiger partial charge in [-0.15, -0.1) is 0 Å². The van der Waals surface area contributed by atoms with E-state index in [1.165, 1.54) is 0 Å². The summed E-state index contributed by atoms with van der Waals surface area (Å²) in [4.78, 5) is 0. The molecular weight excluding hydrogens is 192 g/mol. The average molecular weight is 202 g/mol. The largest absolute Gasteiger partial charge is 0.539 e. The zero-order valence-electron chi connectivity index (χ0n) is 8.09. The van der Waals surface area contributed by atoms with Crippen LogP contribution in [0.25, 0.3) is 0 Å². The molecule has 1 atom stereocenters. The molecule has 0 fully saturated rings. The van der Waals surface area contributed by atoms with E-state index in [9.17, 15) is 5.11 Å². The molecule has 0 N–H and O–H groups in total. The van der Waals surface area contributed by atoms with Crippen LogP contribution in [0.4, 0.5) is 0 Å². The highest BCUT2D eigenvalue weighted by molar-refractivity contribution is 5.29. The fourth-order valence-electron chi connectivity index (χ4n) is 2.16. The summed E-state index contributed by atoms with van der Waals surface area (Å²) in [5.41, 5.74) is 1.84. The molecule has 0 saturated carbocycles. The van der Waals surface area contributed by atoms with E-state index >= 15 is 0 Å². The molecule has 0 unspecified atom stereocenters. The van der Waals surface area contributed by atoms with Crippen LogP contribution in [0.2, 0.25) is 0 Å². The molecule has 0 spiro atoms. The molecule has 0 amide bonds. The number of rotatable bonds is 1. The first-order valence-corrected chi connectivity index (χ1v) is 4.98. The van der Waals surface area contributed by atoms with E-state index in [1.54, 1.807) is 4.68 Å². The fourth-order valence-corrected chi connectivity index (χ4v) is 2.16. The second-order valence-corrected chi connectivity index (χ2v) is 3.72. The van der Waals surface area contributed by atoms with Crippen molar-refractivity contribution in [1.29, 1.82) is 0 Å². The van der Waals surface area contributed by atoms with Crippen molar-refractivity contribution in [3.8, 4) is 5.95 Å². The molecule has 0 radical (unpaired) electrons. The topological polar surface area (TPSA) is 53.0 Å². The monoisotopic (exact) mass is 202 g/mol. The second-order valence-electron chi connectivity index (χ2n) is 3.72. The number of benzene rings is 1. The molecule has 1 aromatic carbocycles. The minimum Gasteiger partial charge on any atom is -0.539 e. The third kappa shape index (κ3) is 1.21. The zero-order valence-corrected chi connectivity index (χ0v) is 8.09. The summed E-state index contributed by atoms with van der Waals surface area (Å²) in [5.74, 6) is -0.161. The maximum Gasteiger partial charge on any atom is 0.241 e. The SMILES string of the molecule is [O-]c1on[n+]2c1[C@@H](c1ccccc1)CC2. The molecule has 4 nitrogen and oxygen atoms in total. The smallest absolute Gasteiger partial charge is 0.241 e. The van der Waals surface area contributed by atoms with Gasteiger partial charge in [-0.1, -0.05) is 35.0 Å². The average Bonchev–Trinajstić information content (AvgIpc) is 2.84. The fraction of sp³-hybridized carbons (Fsp3) is 0.273. The summed E-state index contributed by atoms with van der Waals surface area (Å²) < 4.78 is 6.31. The van der Waals surface area contributed by atoms with Crippen LogP contribution in [0, 0.1) is 0 Å². The predicted octanol–water partition coefficient (Wildman–Crippen LogP) is 0.571. The van der Waals surface area contributed by atoms with Gasteiger partial charge >= 0.3 is 0 Å². The minimum absolute atomic E-state index is 0.143. The summed E-state index contributed by atoms with van der Waals surface area (Å²) in [6.07, 6.45) is 0.929. The van der Waals surface area contributed by atoms with Crippen LogP contribution in [0.1, 0.15) is 23.6 Å². The minimum atomic E-state index is -0.304. The van der Waals surface area contributed by atoms with Gasteiger partial charge in [0.05, 0.1) is 11.2 Å². The van der Waals surface area contributed by atoms with Crippen molar-refractivity contribution in [3.05, 3.63) is 41.6 Å². The Morgan fingerprint density at radius 2 is 2.13 bits per heavy atom. The van der Waals surface area contributed by atoms with Gasteiger partial charge in [0, 0.05) is 6.42 Å². The molecule has 76 valence electrons. The van der Waals surface area contributed by atoms with Gasteiger partial charge in [-0.3, -0.25) is 0 Å². The van der Waals surface area contributed by atoms with Gasteiger partial charge in [0.2, 0.25) is 5.69 Å². The molecule has 1 aliphatic rings. The van der Waals surface area contributed by atoms with Crippen LogP contribution in [0.5, 0.6) is 5.95 Å². The van der Waals surface area contributed by atoms with E-state index in [-0.39, 0.29) is 11.9 Å². The van der Waals surface area contributed by atoms with E-state index in [1.807, 2.05) is 30.3 Å². The number of hydrogen-bond acceptors (Lipinski definition) is 3. The Morgan fingerprint density at radius 1 is 1.33 bits per heavy atom. The Morgan fingerprint density at radius 3 is 2.93 bits per heavy atom. The van der Waals surface area contributed by atoms with Crippen molar-refractivity contribution in [2.45, 2.75) is 18.9 Å². The summed E-state index contributed by atoms with van der Waals surface area (Å²) >= 11 is 0. The molecular formula is C11H10N2O2. The number of aryl methyl sites for hydroxylation is 1. The molecule has 4 heteroatoms. The molecule has 1 aliphatic heterocycles. The standard InChI is InChI=1S/C11H10N2O2/c14-11-10-9(6-7-13(10)12-15-11)8-4-2-1-3-5-8/h1-5,9H,6-7H2/t9-/m1/s1. The molecule has 0 bridgehead atoms. The van der Waals surface area contributed by atoms with Crippen LogP contribution < -0.4 is 9.79 Å². The van der Waals surface area contributed by atoms with E-state index in [0.717, 1.165) is 18.5 Å². The predicted molar refractivity (Wildman–Crippen MR) is 49.0 cm³/mol. The Kier molecular flexibility index (Phi) is 1.74. The maximum absolute atomic E-state index is 11.4. The molecule has 15 heavy (non-hydrogen) atoms. The van der Waals surface area contributed by atoms with Crippen LogP contribution >= 0.6 is 0 Å². The number of hydrogen-bond donors (Lipinski definition) is 0. The van der Waals surface area contributed by atoms with E-state index < -0.39 is 0 Å². The Balaban J connectivity index is 2.07. The van der Waals surface area contributed by atoms with E-state index in [0.29, 0.717) is 5.69 Å². The lowest BCUT2D eigenvalue weighted by molar-refractivity contribution is -0.757. The lowest BCUT2D eigenvalue weighted by Crippen LogP contribution is -2.34. The quantitative estimate of drug-likeness (QED) is 0.635. The molecule has 2 aromatic rings. The van der Waals surface area contributed by atoms with Gasteiger partial charge < -0.3 is 9.63 Å². The van der Waals surface area contributed by atoms with Crippen LogP contribution in [0.15, 0.2) is 34.9 Å². The van der Waals surface area contributed by atoms with Gasteiger partial charge in [0.1, 0.15) is 0 Å². The van der Waals surface area contributed by atoms with E-state index in [2.05, 4.69) is 9.79 Å². The van der Waals surface area contributed by atoms with Crippen molar-refractivity contribution < 1.29 is 14.3 Å². The first-order chi connectivity index (χ1) is 7.36. The summed E-state index contributed by atoms with van der Waals surface area (Å²) in [6, 6.07) is 10.0. The molecule has 0 aliphatic carbocycles. The molecule has 2 heterocycles. The van der Waals surface area contributed by atoms with Crippen molar-refractivity contribution in [3.63, 3.8) is 0 Å². The highest BCUT2D eigenvalue weighted by Crippen LogP contribution is 2.33. The molecule has 1 aromatic heterocycles. The number of aromatic nitrogens is 2. The third-order valence-corrected chi connectivity index (χ3v) is 2.87. The van der Waals surface area contributed by atoms with Gasteiger partial charge in [-0.25, -0.2) is 0 Å². The zero-order chi connectivity index (χ0) is 10.3. The Labute approximate surface area is 86.7 Å².